The molecule has 0 spiro atoms. The Balaban J connectivity index is 2.86. The van der Waals surface area contributed by atoms with Crippen LogP contribution in [-0.4, -0.2) is 24.0 Å². The van der Waals surface area contributed by atoms with Crippen LogP contribution in [0.25, 0.3) is 5.57 Å². The predicted octanol–water partition coefficient (Wildman–Crippen LogP) is 3.57. The quantitative estimate of drug-likeness (QED) is 0.736. The van der Waals surface area contributed by atoms with Gasteiger partial charge in [-0.15, -0.1) is 11.8 Å². The lowest BCUT2D eigenvalue weighted by atomic mass is 10.2. The second-order valence-corrected chi connectivity index (χ2v) is 4.44. The summed E-state index contributed by atoms with van der Waals surface area (Å²) in [4.78, 5) is 5.26. The molecule has 0 aliphatic heterocycles. The monoisotopic (exact) mass is 241 g/mol. The Morgan fingerprint density at radius 2 is 2.38 bits per heavy atom. The number of hydrogen-bond donors (Lipinski definition) is 0. The molecule has 0 amide bonds. The molecule has 1 aromatic heterocycles. The Kier molecular flexibility index (Phi) is 4.80. The van der Waals surface area contributed by atoms with E-state index in [1.807, 2.05) is 19.2 Å². The minimum Gasteiger partial charge on any atom is -0.489 e. The Bertz CT molecular complexity index is 379. The van der Waals surface area contributed by atoms with Crippen molar-refractivity contribution in [3.63, 3.8) is 0 Å². The third-order valence-corrected chi connectivity index (χ3v) is 2.68. The summed E-state index contributed by atoms with van der Waals surface area (Å²) in [5.41, 5.74) is 1.78. The molecule has 16 heavy (non-hydrogen) atoms. The number of thioether (sulfide) groups is 1. The van der Waals surface area contributed by atoms with Gasteiger partial charge in [0.25, 0.3) is 0 Å². The lowest BCUT2D eigenvalue weighted by Crippen LogP contribution is -2.08. The first-order chi connectivity index (χ1) is 7.54. The molecule has 0 saturated heterocycles. The SMILES string of the molecule is C=C(C)c1ncc(OCC(C)F)cc1SC. The molecular formula is C12H16FNOS. The van der Waals surface area contributed by atoms with Crippen LogP contribution in [-0.2, 0) is 0 Å². The highest BCUT2D eigenvalue weighted by atomic mass is 32.2. The van der Waals surface area contributed by atoms with Crippen molar-refractivity contribution in [2.75, 3.05) is 12.9 Å². The summed E-state index contributed by atoms with van der Waals surface area (Å²) in [6.45, 7) is 7.29. The maximum atomic E-state index is 12.6. The molecule has 0 N–H and O–H groups in total. The number of allylic oxidation sites excluding steroid dienone is 1. The number of nitrogens with zero attached hydrogens (tertiary/aromatic N) is 1. The van der Waals surface area contributed by atoms with Gasteiger partial charge in [0, 0.05) is 4.90 Å². The van der Waals surface area contributed by atoms with Gasteiger partial charge in [0.15, 0.2) is 0 Å². The van der Waals surface area contributed by atoms with E-state index < -0.39 is 6.17 Å². The molecule has 0 aliphatic carbocycles. The van der Waals surface area contributed by atoms with E-state index >= 15 is 0 Å². The van der Waals surface area contributed by atoms with Crippen molar-refractivity contribution in [3.05, 3.63) is 24.5 Å². The first-order valence-electron chi connectivity index (χ1n) is 5.01. The molecular weight excluding hydrogens is 225 g/mol. The highest BCUT2D eigenvalue weighted by molar-refractivity contribution is 7.98. The Morgan fingerprint density at radius 3 is 2.88 bits per heavy atom. The molecule has 1 rings (SSSR count). The van der Waals surface area contributed by atoms with E-state index in [9.17, 15) is 4.39 Å². The third-order valence-electron chi connectivity index (χ3n) is 1.93. The lowest BCUT2D eigenvalue weighted by molar-refractivity contribution is 0.209. The van der Waals surface area contributed by atoms with Gasteiger partial charge in [0.2, 0.25) is 0 Å². The predicted molar refractivity (Wildman–Crippen MR) is 66.8 cm³/mol. The van der Waals surface area contributed by atoms with Gasteiger partial charge in [0.1, 0.15) is 18.5 Å². The van der Waals surface area contributed by atoms with Crippen molar-refractivity contribution in [2.45, 2.75) is 24.9 Å². The second kappa shape index (κ2) is 5.89. The summed E-state index contributed by atoms with van der Waals surface area (Å²) in [6, 6.07) is 1.87. The van der Waals surface area contributed by atoms with E-state index in [-0.39, 0.29) is 6.61 Å². The standard InChI is InChI=1S/C12H16FNOS/c1-8(2)12-11(16-4)5-10(6-14-12)15-7-9(3)13/h5-6,9H,1,7H2,2-4H3. The number of halogens is 1. The number of hydrogen-bond acceptors (Lipinski definition) is 3. The zero-order chi connectivity index (χ0) is 12.1. The van der Waals surface area contributed by atoms with Crippen LogP contribution in [0.1, 0.15) is 19.5 Å². The highest BCUT2D eigenvalue weighted by Crippen LogP contribution is 2.27. The average molecular weight is 241 g/mol. The van der Waals surface area contributed by atoms with Crippen molar-refractivity contribution in [1.29, 1.82) is 0 Å². The second-order valence-electron chi connectivity index (χ2n) is 3.59. The number of ether oxygens (including phenoxy) is 1. The molecule has 4 heteroatoms. The van der Waals surface area contributed by atoms with Gasteiger partial charge in [0.05, 0.1) is 11.9 Å². The maximum Gasteiger partial charge on any atom is 0.138 e. The van der Waals surface area contributed by atoms with Crippen LogP contribution in [0.15, 0.2) is 23.7 Å². The number of aromatic nitrogens is 1. The molecule has 0 saturated carbocycles. The number of pyridine rings is 1. The number of rotatable bonds is 5. The molecule has 0 aliphatic rings. The molecule has 1 atom stereocenters. The molecule has 0 aromatic carbocycles. The third kappa shape index (κ3) is 3.52. The minimum absolute atomic E-state index is 0.0575. The summed E-state index contributed by atoms with van der Waals surface area (Å²) >= 11 is 1.58. The fourth-order valence-electron chi connectivity index (χ4n) is 1.19. The minimum atomic E-state index is -0.974. The average Bonchev–Trinajstić information content (AvgIpc) is 2.25. The summed E-state index contributed by atoms with van der Waals surface area (Å²) in [7, 11) is 0. The molecule has 1 heterocycles. The molecule has 0 fully saturated rings. The van der Waals surface area contributed by atoms with E-state index in [1.165, 1.54) is 6.92 Å². The lowest BCUT2D eigenvalue weighted by Gasteiger charge is -2.10. The first-order valence-corrected chi connectivity index (χ1v) is 6.24. The number of alkyl halides is 1. The highest BCUT2D eigenvalue weighted by Gasteiger charge is 2.07. The van der Waals surface area contributed by atoms with Crippen LogP contribution in [0.3, 0.4) is 0 Å². The van der Waals surface area contributed by atoms with E-state index in [0.717, 1.165) is 16.2 Å². The molecule has 1 aromatic rings. The fraction of sp³-hybridized carbons (Fsp3) is 0.417. The summed E-state index contributed by atoms with van der Waals surface area (Å²) in [5, 5.41) is 0. The smallest absolute Gasteiger partial charge is 0.138 e. The van der Waals surface area contributed by atoms with Crippen molar-refractivity contribution < 1.29 is 9.13 Å². The zero-order valence-electron chi connectivity index (χ0n) is 9.79. The van der Waals surface area contributed by atoms with Gasteiger partial charge < -0.3 is 4.74 Å². The molecule has 88 valence electrons. The van der Waals surface area contributed by atoms with Gasteiger partial charge in [-0.2, -0.15) is 0 Å². The Hall–Kier alpha value is -1.03. The molecule has 0 bridgehead atoms. The largest absolute Gasteiger partial charge is 0.489 e. The van der Waals surface area contributed by atoms with Crippen LogP contribution >= 0.6 is 11.8 Å². The van der Waals surface area contributed by atoms with E-state index in [2.05, 4.69) is 11.6 Å². The van der Waals surface area contributed by atoms with Crippen LogP contribution in [0.5, 0.6) is 5.75 Å². The van der Waals surface area contributed by atoms with Crippen LogP contribution in [0.4, 0.5) is 4.39 Å². The van der Waals surface area contributed by atoms with Gasteiger partial charge in [-0.1, -0.05) is 6.58 Å². The van der Waals surface area contributed by atoms with Gasteiger partial charge >= 0.3 is 0 Å². The van der Waals surface area contributed by atoms with Gasteiger partial charge in [-0.25, -0.2) is 4.39 Å². The summed E-state index contributed by atoms with van der Waals surface area (Å²) in [5.74, 6) is 0.596. The van der Waals surface area contributed by atoms with Crippen molar-refractivity contribution in [3.8, 4) is 5.75 Å². The van der Waals surface area contributed by atoms with Crippen LogP contribution in [0.2, 0.25) is 0 Å². The van der Waals surface area contributed by atoms with Crippen molar-refractivity contribution in [1.82, 2.24) is 4.98 Å². The first kappa shape index (κ1) is 13.0. The molecule has 0 radical (unpaired) electrons. The fourth-order valence-corrected chi connectivity index (χ4v) is 1.85. The summed E-state index contributed by atoms with van der Waals surface area (Å²) in [6.07, 6.45) is 2.59. The molecule has 1 unspecified atom stereocenters. The zero-order valence-corrected chi connectivity index (χ0v) is 10.6. The van der Waals surface area contributed by atoms with Crippen LogP contribution in [0, 0.1) is 0 Å². The van der Waals surface area contributed by atoms with E-state index in [0.29, 0.717) is 5.75 Å². The van der Waals surface area contributed by atoms with Gasteiger partial charge in [-0.05, 0) is 31.7 Å². The van der Waals surface area contributed by atoms with E-state index in [1.54, 1.807) is 18.0 Å². The van der Waals surface area contributed by atoms with Crippen molar-refractivity contribution in [2.24, 2.45) is 0 Å². The normalized spacial score (nSPS) is 12.2. The maximum absolute atomic E-state index is 12.6. The summed E-state index contributed by atoms with van der Waals surface area (Å²) < 4.78 is 17.9. The van der Waals surface area contributed by atoms with Crippen molar-refractivity contribution >= 4 is 17.3 Å². The van der Waals surface area contributed by atoms with Crippen LogP contribution < -0.4 is 4.74 Å². The van der Waals surface area contributed by atoms with E-state index in [4.69, 9.17) is 4.74 Å². The Morgan fingerprint density at radius 1 is 1.69 bits per heavy atom. The Labute approximate surface area is 99.9 Å². The van der Waals surface area contributed by atoms with Gasteiger partial charge in [-0.3, -0.25) is 4.98 Å². The topological polar surface area (TPSA) is 22.1 Å². The molecule has 2 nitrogen and oxygen atoms in total.